The molecule has 1 rings (SSSR count). The van der Waals surface area contributed by atoms with Gasteiger partial charge < -0.3 is 15.8 Å². The third kappa shape index (κ3) is 5.00. The smallest absolute Gasteiger partial charge is 0.238 e. The molecule has 0 fully saturated rings. The molecule has 1 aromatic carbocycles. The van der Waals surface area contributed by atoms with Crippen molar-refractivity contribution in [3.05, 3.63) is 18.2 Å². The van der Waals surface area contributed by atoms with Crippen LogP contribution in [0.2, 0.25) is 0 Å². The summed E-state index contributed by atoms with van der Waals surface area (Å²) < 4.78 is 27.8. The number of hydrogen-bond donors (Lipinski definition) is 3. The van der Waals surface area contributed by atoms with Crippen LogP contribution in [0, 0.1) is 5.92 Å². The predicted octanol–water partition coefficient (Wildman–Crippen LogP) is 0.656. The predicted molar refractivity (Wildman–Crippen MR) is 80.4 cm³/mol. The van der Waals surface area contributed by atoms with Gasteiger partial charge in [-0.05, 0) is 37.6 Å². The zero-order valence-corrected chi connectivity index (χ0v) is 12.9. The van der Waals surface area contributed by atoms with Gasteiger partial charge in [0, 0.05) is 5.92 Å². The lowest BCUT2D eigenvalue weighted by molar-refractivity contribution is -0.119. The van der Waals surface area contributed by atoms with Crippen molar-refractivity contribution in [1.82, 2.24) is 0 Å². The molecule has 1 atom stereocenters. The van der Waals surface area contributed by atoms with E-state index < -0.39 is 10.0 Å². The molecule has 0 spiro atoms. The normalized spacial score (nSPS) is 12.8. The van der Waals surface area contributed by atoms with Gasteiger partial charge in [-0.2, -0.15) is 0 Å². The average molecular weight is 315 g/mol. The number of amides is 1. The van der Waals surface area contributed by atoms with Crippen LogP contribution in [0.4, 0.5) is 5.69 Å². The fraction of sp³-hybridized carbons (Fsp3) is 0.462. The summed E-state index contributed by atoms with van der Waals surface area (Å²) in [7, 11) is -2.41. The van der Waals surface area contributed by atoms with Crippen molar-refractivity contribution in [2.75, 3.05) is 19.0 Å². The number of rotatable bonds is 7. The van der Waals surface area contributed by atoms with Crippen LogP contribution in [0.15, 0.2) is 23.1 Å². The Morgan fingerprint density at radius 3 is 2.62 bits per heavy atom. The number of nitrogens with one attached hydrogen (secondary N) is 1. The van der Waals surface area contributed by atoms with Gasteiger partial charge in [-0.25, -0.2) is 13.6 Å². The monoisotopic (exact) mass is 315 g/mol. The van der Waals surface area contributed by atoms with E-state index in [4.69, 9.17) is 15.6 Å². The van der Waals surface area contributed by atoms with Crippen molar-refractivity contribution >= 4 is 21.6 Å². The fourth-order valence-corrected chi connectivity index (χ4v) is 2.31. The molecule has 0 bridgehead atoms. The van der Waals surface area contributed by atoms with Crippen LogP contribution in [0.3, 0.4) is 0 Å². The van der Waals surface area contributed by atoms with Crippen molar-refractivity contribution in [2.24, 2.45) is 16.8 Å². The molecule has 118 valence electrons. The largest absolute Gasteiger partial charge is 0.495 e. The highest BCUT2D eigenvalue weighted by Gasteiger charge is 2.17. The summed E-state index contributed by atoms with van der Waals surface area (Å²) in [6.07, 6.45) is 1.39. The minimum atomic E-state index is -3.84. The number of hydrogen-bond acceptors (Lipinski definition) is 5. The molecule has 0 aromatic heterocycles. The van der Waals surface area contributed by atoms with E-state index in [1.807, 2.05) is 0 Å². The Morgan fingerprint density at radius 1 is 1.43 bits per heavy atom. The first kappa shape index (κ1) is 17.4. The maximum Gasteiger partial charge on any atom is 0.238 e. The number of primary sulfonamides is 1. The lowest BCUT2D eigenvalue weighted by Crippen LogP contribution is -2.22. The number of methoxy groups -OCH3 is 1. The number of carbonyl (C=O) groups is 1. The molecule has 0 aliphatic heterocycles. The van der Waals surface area contributed by atoms with E-state index >= 15 is 0 Å². The van der Waals surface area contributed by atoms with E-state index in [9.17, 15) is 13.2 Å². The Morgan fingerprint density at radius 2 is 2.10 bits per heavy atom. The fourth-order valence-electron chi connectivity index (χ4n) is 1.77. The summed E-state index contributed by atoms with van der Waals surface area (Å²) >= 11 is 0. The number of benzene rings is 1. The third-order valence-electron chi connectivity index (χ3n) is 3.05. The van der Waals surface area contributed by atoms with Gasteiger partial charge in [-0.15, -0.1) is 0 Å². The molecular weight excluding hydrogens is 294 g/mol. The van der Waals surface area contributed by atoms with Gasteiger partial charge in [0.2, 0.25) is 15.9 Å². The van der Waals surface area contributed by atoms with E-state index in [1.165, 1.54) is 25.3 Å². The van der Waals surface area contributed by atoms with E-state index in [-0.39, 0.29) is 22.4 Å². The number of anilines is 1. The quantitative estimate of drug-likeness (QED) is 0.681. The summed E-state index contributed by atoms with van der Waals surface area (Å²) in [5.41, 5.74) is 5.68. The van der Waals surface area contributed by atoms with Crippen molar-refractivity contribution in [3.8, 4) is 5.75 Å². The first-order valence-corrected chi connectivity index (χ1v) is 8.06. The van der Waals surface area contributed by atoms with Crippen molar-refractivity contribution < 1.29 is 17.9 Å². The topological polar surface area (TPSA) is 125 Å². The van der Waals surface area contributed by atoms with Gasteiger partial charge in [0.05, 0.1) is 17.7 Å². The molecule has 0 aliphatic rings. The molecule has 21 heavy (non-hydrogen) atoms. The molecule has 0 saturated carbocycles. The Bertz CT molecular complexity index is 601. The Hall–Kier alpha value is -1.64. The summed E-state index contributed by atoms with van der Waals surface area (Å²) in [6, 6.07) is 4.04. The molecule has 0 saturated heterocycles. The molecule has 1 aromatic rings. The molecular formula is C13H21N3O4S. The highest BCUT2D eigenvalue weighted by molar-refractivity contribution is 7.89. The lowest BCUT2D eigenvalue weighted by atomic mass is 10.0. The maximum absolute atomic E-state index is 12.1. The first-order chi connectivity index (χ1) is 9.79. The second-order valence-electron chi connectivity index (χ2n) is 4.73. The Kier molecular flexibility index (Phi) is 6.13. The number of carbonyl (C=O) groups excluding carboxylic acids is 1. The molecule has 5 N–H and O–H groups in total. The Balaban J connectivity index is 2.98. The number of ether oxygens (including phenoxy) is 1. The summed E-state index contributed by atoms with van der Waals surface area (Å²) in [5.74, 6) is -0.105. The molecule has 8 heteroatoms. The van der Waals surface area contributed by atoms with E-state index in [2.05, 4.69) is 5.32 Å². The average Bonchev–Trinajstić information content (AvgIpc) is 2.43. The highest BCUT2D eigenvalue weighted by Crippen LogP contribution is 2.27. The molecule has 7 nitrogen and oxygen atoms in total. The van der Waals surface area contributed by atoms with Crippen LogP contribution >= 0.6 is 0 Å². The molecule has 1 unspecified atom stereocenters. The second kappa shape index (κ2) is 7.39. The SMILES string of the molecule is COc1ccc(S(N)(=O)=O)cc1NC(=O)C(C)CCCN. The zero-order chi connectivity index (χ0) is 16.0. The van der Waals surface area contributed by atoms with Crippen LogP contribution in [0.1, 0.15) is 19.8 Å². The van der Waals surface area contributed by atoms with Crippen LogP contribution in [0.5, 0.6) is 5.75 Å². The van der Waals surface area contributed by atoms with Crippen LogP contribution in [-0.2, 0) is 14.8 Å². The van der Waals surface area contributed by atoms with Crippen molar-refractivity contribution in [1.29, 1.82) is 0 Å². The molecule has 1 amide bonds. The lowest BCUT2D eigenvalue weighted by Gasteiger charge is -2.15. The van der Waals surface area contributed by atoms with Gasteiger partial charge in [0.1, 0.15) is 5.75 Å². The minimum absolute atomic E-state index is 0.0896. The van der Waals surface area contributed by atoms with Crippen LogP contribution in [0.25, 0.3) is 0 Å². The van der Waals surface area contributed by atoms with Gasteiger partial charge in [0.25, 0.3) is 0 Å². The minimum Gasteiger partial charge on any atom is -0.495 e. The van der Waals surface area contributed by atoms with Gasteiger partial charge in [0.15, 0.2) is 0 Å². The number of sulfonamides is 1. The summed E-state index contributed by atoms with van der Waals surface area (Å²) in [5, 5.41) is 7.74. The van der Waals surface area contributed by atoms with Crippen LogP contribution < -0.4 is 20.9 Å². The molecule has 0 radical (unpaired) electrons. The molecule has 0 aliphatic carbocycles. The van der Waals surface area contributed by atoms with E-state index in [0.29, 0.717) is 18.7 Å². The van der Waals surface area contributed by atoms with Crippen molar-refractivity contribution in [2.45, 2.75) is 24.7 Å². The van der Waals surface area contributed by atoms with Gasteiger partial charge in [-0.3, -0.25) is 4.79 Å². The van der Waals surface area contributed by atoms with E-state index in [1.54, 1.807) is 6.92 Å². The van der Waals surface area contributed by atoms with Gasteiger partial charge >= 0.3 is 0 Å². The summed E-state index contributed by atoms with van der Waals surface area (Å²) in [6.45, 7) is 2.29. The summed E-state index contributed by atoms with van der Waals surface area (Å²) in [4.78, 5) is 12.0. The van der Waals surface area contributed by atoms with E-state index in [0.717, 1.165) is 6.42 Å². The van der Waals surface area contributed by atoms with Crippen molar-refractivity contribution in [3.63, 3.8) is 0 Å². The highest BCUT2D eigenvalue weighted by atomic mass is 32.2. The molecule has 0 heterocycles. The first-order valence-electron chi connectivity index (χ1n) is 6.51. The maximum atomic E-state index is 12.1. The third-order valence-corrected chi connectivity index (χ3v) is 3.96. The number of nitrogens with two attached hydrogens (primary N) is 2. The Labute approximate surface area is 124 Å². The zero-order valence-electron chi connectivity index (χ0n) is 12.1. The van der Waals surface area contributed by atoms with Crippen LogP contribution in [-0.4, -0.2) is 28.0 Å². The standard InChI is InChI=1S/C13H21N3O4S/c1-9(4-3-7-14)13(17)16-11-8-10(21(15,18)19)5-6-12(11)20-2/h5-6,8-9H,3-4,7,14H2,1-2H3,(H,16,17)(H2,15,18,19). The van der Waals surface area contributed by atoms with Gasteiger partial charge in [-0.1, -0.05) is 6.92 Å². The second-order valence-corrected chi connectivity index (χ2v) is 6.29.